The van der Waals surface area contributed by atoms with Gasteiger partial charge in [0.1, 0.15) is 0 Å². The van der Waals surface area contributed by atoms with Gasteiger partial charge in [-0.15, -0.1) is 0 Å². The molecule has 0 aliphatic heterocycles. The van der Waals surface area contributed by atoms with Gasteiger partial charge in [0.2, 0.25) is 5.91 Å². The lowest BCUT2D eigenvalue weighted by Gasteiger charge is -2.18. The summed E-state index contributed by atoms with van der Waals surface area (Å²) in [6.07, 6.45) is -3.77. The highest BCUT2D eigenvalue weighted by Crippen LogP contribution is 2.29. The number of benzene rings is 2. The predicted octanol–water partition coefficient (Wildman–Crippen LogP) is 4.82. The maximum Gasteiger partial charge on any atom is 0.416 e. The first-order valence-corrected chi connectivity index (χ1v) is 7.81. The van der Waals surface area contributed by atoms with Gasteiger partial charge in [-0.2, -0.15) is 13.2 Å². The molecule has 2 rings (SSSR count). The molecule has 0 aliphatic carbocycles. The molecule has 1 unspecified atom stereocenters. The summed E-state index contributed by atoms with van der Waals surface area (Å²) >= 11 is 0. The second kappa shape index (κ2) is 7.51. The molecule has 0 heterocycles. The number of halogens is 3. The first-order chi connectivity index (χ1) is 11.3. The monoisotopic (exact) mass is 335 g/mol. The van der Waals surface area contributed by atoms with E-state index in [-0.39, 0.29) is 18.4 Å². The summed E-state index contributed by atoms with van der Waals surface area (Å²) < 4.78 is 38.2. The molecule has 24 heavy (non-hydrogen) atoms. The fraction of sp³-hybridized carbons (Fsp3) is 0.316. The van der Waals surface area contributed by atoms with E-state index in [9.17, 15) is 18.0 Å². The van der Waals surface area contributed by atoms with Crippen molar-refractivity contribution in [2.45, 2.75) is 38.9 Å². The molecule has 2 aromatic carbocycles. The average molecular weight is 335 g/mol. The lowest BCUT2D eigenvalue weighted by Crippen LogP contribution is -2.29. The Labute approximate surface area is 139 Å². The quantitative estimate of drug-likeness (QED) is 0.833. The minimum atomic E-state index is -4.40. The van der Waals surface area contributed by atoms with Gasteiger partial charge < -0.3 is 5.32 Å². The minimum absolute atomic E-state index is 0.0771. The van der Waals surface area contributed by atoms with Crippen LogP contribution in [0.15, 0.2) is 48.5 Å². The van der Waals surface area contributed by atoms with Crippen LogP contribution in [0.25, 0.3) is 0 Å². The maximum absolute atomic E-state index is 12.7. The summed E-state index contributed by atoms with van der Waals surface area (Å²) in [5.74, 6) is -0.290. The highest BCUT2D eigenvalue weighted by molar-refractivity contribution is 5.79. The highest BCUT2D eigenvalue weighted by atomic mass is 19.4. The molecule has 1 amide bonds. The van der Waals surface area contributed by atoms with Crippen LogP contribution in [0.4, 0.5) is 13.2 Å². The van der Waals surface area contributed by atoms with Crippen molar-refractivity contribution in [3.8, 4) is 0 Å². The summed E-state index contributed by atoms with van der Waals surface area (Å²) in [6.45, 7) is 3.94. The zero-order valence-electron chi connectivity index (χ0n) is 13.7. The fourth-order valence-corrected chi connectivity index (χ4v) is 2.51. The van der Waals surface area contributed by atoms with Crippen LogP contribution in [-0.4, -0.2) is 5.91 Å². The molecular weight excluding hydrogens is 315 g/mol. The third-order valence-electron chi connectivity index (χ3n) is 3.84. The van der Waals surface area contributed by atoms with Crippen molar-refractivity contribution in [1.82, 2.24) is 5.32 Å². The van der Waals surface area contributed by atoms with Gasteiger partial charge in [0.15, 0.2) is 0 Å². The number of nitrogens with one attached hydrogen (secondary N) is 1. The van der Waals surface area contributed by atoms with E-state index < -0.39 is 11.7 Å². The molecule has 0 aliphatic rings. The number of carbonyl (C=O) groups is 1. The van der Waals surface area contributed by atoms with Gasteiger partial charge in [0, 0.05) is 0 Å². The molecule has 0 saturated heterocycles. The van der Waals surface area contributed by atoms with Crippen molar-refractivity contribution in [2.75, 3.05) is 0 Å². The Balaban J connectivity index is 2.05. The molecule has 0 aromatic heterocycles. The molecule has 2 aromatic rings. The Kier molecular flexibility index (Phi) is 5.65. The van der Waals surface area contributed by atoms with E-state index in [2.05, 4.69) is 5.32 Å². The Morgan fingerprint density at radius 1 is 1.12 bits per heavy atom. The van der Waals surface area contributed by atoms with Gasteiger partial charge in [-0.25, -0.2) is 0 Å². The number of amides is 1. The smallest absolute Gasteiger partial charge is 0.349 e. The van der Waals surface area contributed by atoms with E-state index >= 15 is 0 Å². The number of alkyl halides is 3. The molecule has 1 atom stereocenters. The molecule has 1 N–H and O–H groups in total. The molecule has 0 radical (unpaired) electrons. The summed E-state index contributed by atoms with van der Waals surface area (Å²) in [5.41, 5.74) is 1.73. The minimum Gasteiger partial charge on any atom is -0.349 e. The SMILES string of the molecule is CCC(NC(=O)Cc1cccc(C(F)(F)F)c1)c1ccc(C)cc1. The standard InChI is InChI=1S/C19H20F3NO/c1-3-17(15-9-7-13(2)8-10-15)23-18(24)12-14-5-4-6-16(11-14)19(20,21)22/h4-11,17H,3,12H2,1-2H3,(H,23,24). The third-order valence-corrected chi connectivity index (χ3v) is 3.84. The van der Waals surface area contributed by atoms with Crippen LogP contribution in [0.2, 0.25) is 0 Å². The normalized spacial score (nSPS) is 12.7. The number of hydrogen-bond acceptors (Lipinski definition) is 1. The molecule has 0 fully saturated rings. The van der Waals surface area contributed by atoms with Gasteiger partial charge in [0.25, 0.3) is 0 Å². The first-order valence-electron chi connectivity index (χ1n) is 7.81. The van der Waals surface area contributed by atoms with Gasteiger partial charge in [-0.3, -0.25) is 4.79 Å². The number of carbonyl (C=O) groups excluding carboxylic acids is 1. The zero-order valence-corrected chi connectivity index (χ0v) is 13.7. The van der Waals surface area contributed by atoms with Crippen LogP contribution in [0, 0.1) is 6.92 Å². The Bertz CT molecular complexity index is 693. The summed E-state index contributed by atoms with van der Waals surface area (Å²) in [4.78, 5) is 12.2. The predicted molar refractivity (Wildman–Crippen MR) is 87.5 cm³/mol. The van der Waals surface area contributed by atoms with Crippen molar-refractivity contribution in [3.63, 3.8) is 0 Å². The lowest BCUT2D eigenvalue weighted by molar-refractivity contribution is -0.137. The van der Waals surface area contributed by atoms with Crippen LogP contribution in [-0.2, 0) is 17.4 Å². The Morgan fingerprint density at radius 2 is 1.79 bits per heavy atom. The van der Waals surface area contributed by atoms with E-state index in [0.717, 1.165) is 23.3 Å². The molecule has 0 spiro atoms. The summed E-state index contributed by atoms with van der Waals surface area (Å²) in [6, 6.07) is 12.6. The lowest BCUT2D eigenvalue weighted by atomic mass is 10.0. The van der Waals surface area contributed by atoms with E-state index in [1.165, 1.54) is 12.1 Å². The van der Waals surface area contributed by atoms with Crippen molar-refractivity contribution in [3.05, 3.63) is 70.8 Å². The molecule has 5 heteroatoms. The topological polar surface area (TPSA) is 29.1 Å². The van der Waals surface area contributed by atoms with Crippen molar-refractivity contribution in [2.24, 2.45) is 0 Å². The van der Waals surface area contributed by atoms with Gasteiger partial charge in [-0.05, 0) is 30.5 Å². The van der Waals surface area contributed by atoms with Crippen LogP contribution in [0.5, 0.6) is 0 Å². The molecular formula is C19H20F3NO. The average Bonchev–Trinajstić information content (AvgIpc) is 2.53. The maximum atomic E-state index is 12.7. The third kappa shape index (κ3) is 4.85. The Hall–Kier alpha value is -2.30. The zero-order chi connectivity index (χ0) is 17.7. The highest BCUT2D eigenvalue weighted by Gasteiger charge is 2.30. The first kappa shape index (κ1) is 18.0. The second-order valence-electron chi connectivity index (χ2n) is 5.81. The van der Waals surface area contributed by atoms with Crippen LogP contribution in [0.3, 0.4) is 0 Å². The second-order valence-corrected chi connectivity index (χ2v) is 5.81. The van der Waals surface area contributed by atoms with Crippen molar-refractivity contribution >= 4 is 5.91 Å². The van der Waals surface area contributed by atoms with Crippen LogP contribution >= 0.6 is 0 Å². The van der Waals surface area contributed by atoms with Crippen molar-refractivity contribution < 1.29 is 18.0 Å². The summed E-state index contributed by atoms with van der Waals surface area (Å²) in [7, 11) is 0. The molecule has 0 bridgehead atoms. The van der Waals surface area contributed by atoms with Gasteiger partial charge >= 0.3 is 6.18 Å². The van der Waals surface area contributed by atoms with E-state index in [4.69, 9.17) is 0 Å². The number of rotatable bonds is 5. The van der Waals surface area contributed by atoms with E-state index in [0.29, 0.717) is 12.0 Å². The van der Waals surface area contributed by atoms with Crippen LogP contribution < -0.4 is 5.32 Å². The van der Waals surface area contributed by atoms with Crippen LogP contribution in [0.1, 0.15) is 41.6 Å². The van der Waals surface area contributed by atoms with E-state index in [1.807, 2.05) is 38.1 Å². The van der Waals surface area contributed by atoms with Gasteiger partial charge in [0.05, 0.1) is 18.0 Å². The van der Waals surface area contributed by atoms with Crippen molar-refractivity contribution in [1.29, 1.82) is 0 Å². The fourth-order valence-electron chi connectivity index (χ4n) is 2.51. The number of hydrogen-bond donors (Lipinski definition) is 1. The van der Waals surface area contributed by atoms with Gasteiger partial charge in [-0.1, -0.05) is 55.0 Å². The molecule has 128 valence electrons. The Morgan fingerprint density at radius 3 is 2.38 bits per heavy atom. The molecule has 2 nitrogen and oxygen atoms in total. The largest absolute Gasteiger partial charge is 0.416 e. The van der Waals surface area contributed by atoms with E-state index in [1.54, 1.807) is 0 Å². The number of aryl methyl sites for hydroxylation is 1. The molecule has 0 saturated carbocycles. The summed E-state index contributed by atoms with van der Waals surface area (Å²) in [5, 5.41) is 2.89.